The van der Waals surface area contributed by atoms with Gasteiger partial charge in [0.05, 0.1) is 0 Å². The van der Waals surface area contributed by atoms with Gasteiger partial charge in [0.1, 0.15) is 10.8 Å². The first-order chi connectivity index (χ1) is 8.99. The van der Waals surface area contributed by atoms with Gasteiger partial charge < -0.3 is 10.1 Å². The quantitative estimate of drug-likeness (QED) is 0.931. The number of hydrogen-bond acceptors (Lipinski definition) is 5. The van der Waals surface area contributed by atoms with Crippen molar-refractivity contribution in [2.45, 2.75) is 32.7 Å². The Kier molecular flexibility index (Phi) is 4.17. The molecule has 1 aromatic carbocycles. The molecule has 0 unspecified atom stereocenters. The lowest BCUT2D eigenvalue weighted by Gasteiger charge is -2.19. The first-order valence-electron chi connectivity index (χ1n) is 6.24. The third-order valence-electron chi connectivity index (χ3n) is 2.68. The lowest BCUT2D eigenvalue weighted by Crippen LogP contribution is -2.10. The van der Waals surface area contributed by atoms with Crippen LogP contribution in [0.25, 0.3) is 0 Å². The van der Waals surface area contributed by atoms with Gasteiger partial charge in [-0.1, -0.05) is 49.3 Å². The molecule has 4 nitrogen and oxygen atoms in total. The zero-order chi connectivity index (χ0) is 13.9. The van der Waals surface area contributed by atoms with E-state index in [1.165, 1.54) is 16.9 Å². The molecule has 0 atom stereocenters. The molecule has 0 fully saturated rings. The van der Waals surface area contributed by atoms with Gasteiger partial charge in [0, 0.05) is 6.54 Å². The molecule has 0 saturated heterocycles. The first-order valence-corrected chi connectivity index (χ1v) is 7.06. The van der Waals surface area contributed by atoms with Crippen LogP contribution >= 0.6 is 11.3 Å². The van der Waals surface area contributed by atoms with Crippen LogP contribution in [0.15, 0.2) is 24.3 Å². The Morgan fingerprint density at radius 2 is 2.05 bits per heavy atom. The SMILES string of the molecule is CNCc1nnc(Oc2cccc(C(C)(C)C)c2)s1. The smallest absolute Gasteiger partial charge is 0.299 e. The summed E-state index contributed by atoms with van der Waals surface area (Å²) < 4.78 is 5.76. The molecule has 0 radical (unpaired) electrons. The van der Waals surface area contributed by atoms with Gasteiger partial charge in [-0.3, -0.25) is 0 Å². The molecule has 0 saturated carbocycles. The number of benzene rings is 1. The van der Waals surface area contributed by atoms with E-state index >= 15 is 0 Å². The molecule has 2 rings (SSSR count). The summed E-state index contributed by atoms with van der Waals surface area (Å²) in [7, 11) is 1.88. The fraction of sp³-hybridized carbons (Fsp3) is 0.429. The maximum atomic E-state index is 5.76. The second kappa shape index (κ2) is 5.67. The molecule has 1 heterocycles. The summed E-state index contributed by atoms with van der Waals surface area (Å²) >= 11 is 1.46. The number of aromatic nitrogens is 2. The van der Waals surface area contributed by atoms with E-state index in [0.717, 1.165) is 10.8 Å². The highest BCUT2D eigenvalue weighted by Gasteiger charge is 2.14. The normalized spacial score (nSPS) is 11.6. The summed E-state index contributed by atoms with van der Waals surface area (Å²) in [5.74, 6) is 0.805. The lowest BCUT2D eigenvalue weighted by atomic mass is 9.87. The molecule has 1 aromatic heterocycles. The number of hydrogen-bond donors (Lipinski definition) is 1. The second-order valence-electron chi connectivity index (χ2n) is 5.37. The maximum absolute atomic E-state index is 5.76. The van der Waals surface area contributed by atoms with Crippen LogP contribution in [0.3, 0.4) is 0 Å². The van der Waals surface area contributed by atoms with E-state index in [-0.39, 0.29) is 5.41 Å². The maximum Gasteiger partial charge on any atom is 0.299 e. The number of nitrogens with one attached hydrogen (secondary N) is 1. The molecule has 0 amide bonds. The van der Waals surface area contributed by atoms with E-state index in [1.54, 1.807) is 0 Å². The highest BCUT2D eigenvalue weighted by atomic mass is 32.1. The van der Waals surface area contributed by atoms with Crippen molar-refractivity contribution in [1.29, 1.82) is 0 Å². The Morgan fingerprint density at radius 3 is 2.74 bits per heavy atom. The van der Waals surface area contributed by atoms with E-state index in [2.05, 4.69) is 48.4 Å². The van der Waals surface area contributed by atoms with E-state index in [1.807, 2.05) is 19.2 Å². The zero-order valence-electron chi connectivity index (χ0n) is 11.7. The van der Waals surface area contributed by atoms with Gasteiger partial charge in [-0.05, 0) is 30.2 Å². The summed E-state index contributed by atoms with van der Waals surface area (Å²) in [6.07, 6.45) is 0. The van der Waals surface area contributed by atoms with Crippen LogP contribution in [0, 0.1) is 0 Å². The molecule has 1 N–H and O–H groups in total. The third kappa shape index (κ3) is 3.75. The van der Waals surface area contributed by atoms with Crippen molar-refractivity contribution >= 4 is 11.3 Å². The van der Waals surface area contributed by atoms with Gasteiger partial charge in [0.2, 0.25) is 0 Å². The first kappa shape index (κ1) is 14.0. The van der Waals surface area contributed by atoms with Crippen LogP contribution in [-0.4, -0.2) is 17.2 Å². The number of rotatable bonds is 4. The molecule has 5 heteroatoms. The minimum atomic E-state index is 0.109. The van der Waals surface area contributed by atoms with Gasteiger partial charge in [-0.15, -0.1) is 5.10 Å². The summed E-state index contributed by atoms with van der Waals surface area (Å²) in [5.41, 5.74) is 1.35. The summed E-state index contributed by atoms with van der Waals surface area (Å²) in [4.78, 5) is 0. The Hall–Kier alpha value is -1.46. The van der Waals surface area contributed by atoms with Crippen molar-refractivity contribution in [3.8, 4) is 10.9 Å². The highest BCUT2D eigenvalue weighted by Crippen LogP contribution is 2.29. The molecule has 0 aliphatic heterocycles. The van der Waals surface area contributed by atoms with Crippen molar-refractivity contribution in [2.24, 2.45) is 0 Å². The van der Waals surface area contributed by atoms with Gasteiger partial charge in [0.25, 0.3) is 5.19 Å². The molecule has 2 aromatic rings. The van der Waals surface area contributed by atoms with Crippen LogP contribution in [0.4, 0.5) is 0 Å². The molecule has 0 spiro atoms. The Morgan fingerprint density at radius 1 is 1.26 bits per heavy atom. The third-order valence-corrected chi connectivity index (χ3v) is 3.48. The number of nitrogens with zero attached hydrogens (tertiary/aromatic N) is 2. The van der Waals surface area contributed by atoms with Gasteiger partial charge >= 0.3 is 0 Å². The molecule has 19 heavy (non-hydrogen) atoms. The summed E-state index contributed by atoms with van der Waals surface area (Å²) in [6.45, 7) is 7.26. The van der Waals surface area contributed by atoms with E-state index in [0.29, 0.717) is 11.7 Å². The Labute approximate surface area is 117 Å². The fourth-order valence-corrected chi connectivity index (χ4v) is 2.35. The van der Waals surface area contributed by atoms with Crippen LogP contribution in [-0.2, 0) is 12.0 Å². The van der Waals surface area contributed by atoms with E-state index < -0.39 is 0 Å². The Balaban J connectivity index is 2.14. The second-order valence-corrected chi connectivity index (χ2v) is 6.40. The van der Waals surface area contributed by atoms with Crippen molar-refractivity contribution in [2.75, 3.05) is 7.05 Å². The molecule has 0 bridgehead atoms. The predicted octanol–water partition coefficient (Wildman–Crippen LogP) is 3.35. The van der Waals surface area contributed by atoms with Crippen LogP contribution in [0.1, 0.15) is 31.3 Å². The van der Waals surface area contributed by atoms with Crippen molar-refractivity contribution in [3.05, 3.63) is 34.8 Å². The lowest BCUT2D eigenvalue weighted by molar-refractivity contribution is 0.469. The number of ether oxygens (including phenoxy) is 1. The Bertz CT molecular complexity index is 546. The van der Waals surface area contributed by atoms with Crippen molar-refractivity contribution < 1.29 is 4.74 Å². The average molecular weight is 277 g/mol. The van der Waals surface area contributed by atoms with Gasteiger partial charge in [-0.2, -0.15) is 0 Å². The minimum Gasteiger partial charge on any atom is -0.430 e. The summed E-state index contributed by atoms with van der Waals surface area (Å²) in [5, 5.41) is 12.6. The molecular weight excluding hydrogens is 258 g/mol. The van der Waals surface area contributed by atoms with Gasteiger partial charge in [-0.25, -0.2) is 0 Å². The molecule has 102 valence electrons. The van der Waals surface area contributed by atoms with E-state index in [4.69, 9.17) is 4.74 Å². The minimum absolute atomic E-state index is 0.109. The van der Waals surface area contributed by atoms with Crippen LogP contribution < -0.4 is 10.1 Å². The fourth-order valence-electron chi connectivity index (χ4n) is 1.63. The van der Waals surface area contributed by atoms with Crippen LogP contribution in [0.2, 0.25) is 0 Å². The zero-order valence-corrected chi connectivity index (χ0v) is 12.5. The molecule has 0 aliphatic rings. The topological polar surface area (TPSA) is 47.0 Å². The van der Waals surface area contributed by atoms with Crippen molar-refractivity contribution in [3.63, 3.8) is 0 Å². The monoisotopic (exact) mass is 277 g/mol. The predicted molar refractivity (Wildman–Crippen MR) is 77.9 cm³/mol. The van der Waals surface area contributed by atoms with Gasteiger partial charge in [0.15, 0.2) is 0 Å². The van der Waals surface area contributed by atoms with Crippen molar-refractivity contribution in [1.82, 2.24) is 15.5 Å². The molecular formula is C14H19N3OS. The highest BCUT2D eigenvalue weighted by molar-refractivity contribution is 7.13. The summed E-state index contributed by atoms with van der Waals surface area (Å²) in [6, 6.07) is 8.11. The van der Waals surface area contributed by atoms with E-state index in [9.17, 15) is 0 Å². The average Bonchev–Trinajstić information content (AvgIpc) is 2.76. The largest absolute Gasteiger partial charge is 0.430 e. The van der Waals surface area contributed by atoms with Crippen LogP contribution in [0.5, 0.6) is 10.9 Å². The molecule has 0 aliphatic carbocycles. The standard InChI is InChI=1S/C14H19N3OS/c1-14(2,3)10-6-5-7-11(8-10)18-13-17-16-12(19-13)9-15-4/h5-8,15H,9H2,1-4H3.